The van der Waals surface area contributed by atoms with Gasteiger partial charge in [-0.05, 0) is 30.1 Å². The molecule has 0 bridgehead atoms. The van der Waals surface area contributed by atoms with Gasteiger partial charge < -0.3 is 18.7 Å². The Bertz CT molecular complexity index is 298. The van der Waals surface area contributed by atoms with Gasteiger partial charge in [0.1, 0.15) is 0 Å². The van der Waals surface area contributed by atoms with Crippen LogP contribution < -0.4 is 5.73 Å². The van der Waals surface area contributed by atoms with Gasteiger partial charge in [-0.15, -0.1) is 0 Å². The lowest BCUT2D eigenvalue weighted by atomic mass is 9.76. The van der Waals surface area contributed by atoms with Gasteiger partial charge in [0.15, 0.2) is 0 Å². The molecule has 0 aliphatic heterocycles. The Morgan fingerprint density at radius 3 is 2.14 bits per heavy atom. The summed E-state index contributed by atoms with van der Waals surface area (Å²) >= 11 is 5.59. The van der Waals surface area contributed by atoms with Crippen molar-refractivity contribution in [3.63, 3.8) is 0 Å². The molecule has 0 aliphatic carbocycles. The number of hydrogen-bond acceptors (Lipinski definition) is 1. The van der Waals surface area contributed by atoms with Crippen LogP contribution in [0.3, 0.4) is 0 Å². The van der Waals surface area contributed by atoms with E-state index in [1.807, 2.05) is 0 Å². The van der Waals surface area contributed by atoms with Crippen molar-refractivity contribution in [2.24, 2.45) is 5.73 Å². The molecular formula is C8H9BClF3N-. The van der Waals surface area contributed by atoms with Crippen LogP contribution in [0.25, 0.3) is 0 Å². The van der Waals surface area contributed by atoms with Crippen LogP contribution in [0, 0.1) is 0 Å². The van der Waals surface area contributed by atoms with E-state index in [2.05, 4.69) is 0 Å². The Labute approximate surface area is 85.1 Å². The largest absolute Gasteiger partial charge is 0.494 e. The molecule has 0 aliphatic rings. The van der Waals surface area contributed by atoms with Gasteiger partial charge in [0.2, 0.25) is 0 Å². The van der Waals surface area contributed by atoms with Crippen molar-refractivity contribution in [2.75, 3.05) is 0 Å². The highest BCUT2D eigenvalue weighted by Crippen LogP contribution is 2.17. The lowest BCUT2D eigenvalue weighted by molar-refractivity contribution is 0.436. The van der Waals surface area contributed by atoms with E-state index in [-0.39, 0.29) is 6.42 Å². The molecule has 6 heteroatoms. The van der Waals surface area contributed by atoms with Crippen molar-refractivity contribution in [1.82, 2.24) is 0 Å². The molecule has 78 valence electrons. The summed E-state index contributed by atoms with van der Waals surface area (Å²) in [5, 5.41) is 0.500. The fourth-order valence-electron chi connectivity index (χ4n) is 1.03. The van der Waals surface area contributed by atoms with Gasteiger partial charge in [0, 0.05) is 5.02 Å². The molecule has 0 saturated heterocycles. The first-order chi connectivity index (χ1) is 6.39. The van der Waals surface area contributed by atoms with Gasteiger partial charge in [0.05, 0.1) is 0 Å². The maximum Gasteiger partial charge on any atom is 0.494 e. The van der Waals surface area contributed by atoms with Gasteiger partial charge >= 0.3 is 6.98 Å². The van der Waals surface area contributed by atoms with Gasteiger partial charge in [-0.2, -0.15) is 0 Å². The SMILES string of the molecule is NC(Cc1ccc(Cl)cc1)[B-](F)(F)F. The minimum Gasteiger partial charge on any atom is -0.448 e. The van der Waals surface area contributed by atoms with E-state index in [4.69, 9.17) is 17.3 Å². The third-order valence-corrected chi connectivity index (χ3v) is 2.12. The molecule has 0 saturated carbocycles. The Balaban J connectivity index is 2.65. The van der Waals surface area contributed by atoms with Crippen molar-refractivity contribution in [2.45, 2.75) is 12.4 Å². The predicted molar refractivity (Wildman–Crippen MR) is 52.2 cm³/mol. The van der Waals surface area contributed by atoms with Crippen molar-refractivity contribution >= 4 is 18.6 Å². The van der Waals surface area contributed by atoms with E-state index in [9.17, 15) is 12.9 Å². The number of hydrogen-bond donors (Lipinski definition) is 1. The molecule has 0 aromatic heterocycles. The van der Waals surface area contributed by atoms with Crippen molar-refractivity contribution < 1.29 is 12.9 Å². The number of nitrogens with two attached hydrogens (primary N) is 1. The summed E-state index contributed by atoms with van der Waals surface area (Å²) in [6.07, 6.45) is -0.194. The molecule has 2 N–H and O–H groups in total. The molecule has 0 amide bonds. The molecular weight excluding hydrogens is 213 g/mol. The molecule has 1 aromatic rings. The number of rotatable bonds is 3. The highest BCUT2D eigenvalue weighted by Gasteiger charge is 2.31. The summed E-state index contributed by atoms with van der Waals surface area (Å²) in [4.78, 5) is 0. The van der Waals surface area contributed by atoms with Gasteiger partial charge in [-0.3, -0.25) is 0 Å². The second-order valence-corrected chi connectivity index (χ2v) is 3.56. The maximum absolute atomic E-state index is 12.1. The summed E-state index contributed by atoms with van der Waals surface area (Å²) in [7, 11) is 0. The Morgan fingerprint density at radius 1 is 1.21 bits per heavy atom. The second-order valence-electron chi connectivity index (χ2n) is 3.12. The minimum atomic E-state index is -4.96. The van der Waals surface area contributed by atoms with E-state index >= 15 is 0 Å². The summed E-state index contributed by atoms with van der Waals surface area (Å²) in [5.41, 5.74) is 5.53. The van der Waals surface area contributed by atoms with E-state index < -0.39 is 12.9 Å². The van der Waals surface area contributed by atoms with Gasteiger partial charge in [0.25, 0.3) is 0 Å². The molecule has 14 heavy (non-hydrogen) atoms. The molecule has 1 atom stereocenters. The zero-order valence-electron chi connectivity index (χ0n) is 7.26. The first kappa shape index (κ1) is 11.4. The van der Waals surface area contributed by atoms with Crippen LogP contribution in [0.15, 0.2) is 24.3 Å². The summed E-state index contributed by atoms with van der Waals surface area (Å²) < 4.78 is 36.4. The van der Waals surface area contributed by atoms with E-state index in [1.165, 1.54) is 0 Å². The third-order valence-electron chi connectivity index (χ3n) is 1.87. The van der Waals surface area contributed by atoms with Crippen molar-refractivity contribution in [3.8, 4) is 0 Å². The molecule has 0 radical (unpaired) electrons. The summed E-state index contributed by atoms with van der Waals surface area (Å²) in [6.45, 7) is -4.96. The first-order valence-corrected chi connectivity index (χ1v) is 4.47. The maximum atomic E-state index is 12.1. The molecule has 1 nitrogen and oxygen atoms in total. The van der Waals surface area contributed by atoms with Crippen LogP contribution >= 0.6 is 11.6 Å². The standard InChI is InChI=1S/C8H9BClF3N/c10-7-3-1-6(2-4-7)5-8(14)9(11,12)13/h1-4,8H,5,14H2/q-1. The second kappa shape index (κ2) is 4.23. The summed E-state index contributed by atoms with van der Waals surface area (Å²) in [5.74, 6) is -1.75. The summed E-state index contributed by atoms with van der Waals surface area (Å²) in [6, 6.07) is 6.19. The lowest BCUT2D eigenvalue weighted by Gasteiger charge is -2.22. The van der Waals surface area contributed by atoms with Gasteiger partial charge in [-0.1, -0.05) is 23.7 Å². The molecule has 1 rings (SSSR count). The molecule has 1 aromatic carbocycles. The molecule has 1 unspecified atom stereocenters. The fourth-order valence-corrected chi connectivity index (χ4v) is 1.15. The van der Waals surface area contributed by atoms with Crippen LogP contribution in [0.1, 0.15) is 5.56 Å². The monoisotopic (exact) mass is 222 g/mol. The number of benzene rings is 1. The van der Waals surface area contributed by atoms with Crippen LogP contribution in [-0.2, 0) is 6.42 Å². The van der Waals surface area contributed by atoms with Crippen LogP contribution in [0.2, 0.25) is 5.02 Å². The van der Waals surface area contributed by atoms with Crippen LogP contribution in [-0.4, -0.2) is 12.9 Å². The predicted octanol–water partition coefficient (Wildman–Crippen LogP) is 2.60. The quantitative estimate of drug-likeness (QED) is 0.782. The average molecular weight is 222 g/mol. The molecule has 0 fully saturated rings. The minimum absolute atomic E-state index is 0.194. The van der Waals surface area contributed by atoms with Crippen molar-refractivity contribution in [3.05, 3.63) is 34.9 Å². The van der Waals surface area contributed by atoms with E-state index in [1.54, 1.807) is 24.3 Å². The average Bonchev–Trinajstić information content (AvgIpc) is 2.07. The van der Waals surface area contributed by atoms with Crippen molar-refractivity contribution in [1.29, 1.82) is 0 Å². The smallest absolute Gasteiger partial charge is 0.448 e. The van der Waals surface area contributed by atoms with E-state index in [0.717, 1.165) is 0 Å². The highest BCUT2D eigenvalue weighted by atomic mass is 35.5. The first-order valence-electron chi connectivity index (χ1n) is 4.09. The zero-order valence-corrected chi connectivity index (χ0v) is 8.02. The van der Waals surface area contributed by atoms with Crippen LogP contribution in [0.5, 0.6) is 0 Å². The Hall–Kier alpha value is -0.675. The highest BCUT2D eigenvalue weighted by molar-refractivity contribution is 6.60. The zero-order chi connectivity index (χ0) is 10.8. The fraction of sp³-hybridized carbons (Fsp3) is 0.250. The Morgan fingerprint density at radius 2 is 1.71 bits per heavy atom. The van der Waals surface area contributed by atoms with E-state index in [0.29, 0.717) is 10.6 Å². The van der Waals surface area contributed by atoms with Gasteiger partial charge in [-0.25, -0.2) is 0 Å². The third kappa shape index (κ3) is 3.23. The topological polar surface area (TPSA) is 26.0 Å². The Kier molecular flexibility index (Phi) is 3.45. The molecule has 0 heterocycles. The normalized spacial score (nSPS) is 14.1. The lowest BCUT2D eigenvalue weighted by Crippen LogP contribution is -2.44. The number of halogens is 4. The molecule has 0 spiro atoms. The van der Waals surface area contributed by atoms with Crippen LogP contribution in [0.4, 0.5) is 12.9 Å².